The van der Waals surface area contributed by atoms with Crippen LogP contribution in [0.1, 0.15) is 20.8 Å². The van der Waals surface area contributed by atoms with E-state index >= 15 is 0 Å². The normalized spacial score (nSPS) is 25.8. The van der Waals surface area contributed by atoms with E-state index in [-0.39, 0.29) is 24.2 Å². The topological polar surface area (TPSA) is 46.5 Å². The number of ether oxygens (including phenoxy) is 2. The molecule has 1 aromatic rings. The average molecular weight is 362 g/mol. The fraction of sp³-hybridized carbons (Fsp3) is 0.650. The lowest BCUT2D eigenvalue weighted by molar-refractivity contribution is -0.915. The zero-order chi connectivity index (χ0) is 18.7. The zero-order valence-corrected chi connectivity index (χ0v) is 16.4. The predicted molar refractivity (Wildman–Crippen MR) is 102 cm³/mol. The molecule has 0 saturated carbocycles. The lowest BCUT2D eigenvalue weighted by atomic mass is 10.1. The summed E-state index contributed by atoms with van der Waals surface area (Å²) < 4.78 is 11.2. The highest BCUT2D eigenvalue weighted by atomic mass is 16.5. The Morgan fingerprint density at radius 3 is 2.42 bits per heavy atom. The van der Waals surface area contributed by atoms with Crippen LogP contribution < -0.4 is 14.5 Å². The van der Waals surface area contributed by atoms with Gasteiger partial charge < -0.3 is 24.2 Å². The van der Waals surface area contributed by atoms with Crippen LogP contribution >= 0.6 is 0 Å². The highest BCUT2D eigenvalue weighted by molar-refractivity contribution is 5.80. The Morgan fingerprint density at radius 1 is 1.19 bits per heavy atom. The van der Waals surface area contributed by atoms with Crippen LogP contribution in [0.3, 0.4) is 0 Å². The molecular formula is C20H32N3O3+. The molecule has 0 bridgehead atoms. The number of nitrogens with one attached hydrogen (secondary N) is 1. The molecule has 2 aliphatic heterocycles. The van der Waals surface area contributed by atoms with Gasteiger partial charge in [0.15, 0.2) is 6.04 Å². The number of hydrogen-bond acceptors (Lipinski definition) is 4. The van der Waals surface area contributed by atoms with Gasteiger partial charge in [0.25, 0.3) is 5.91 Å². The maximum absolute atomic E-state index is 13.0. The summed E-state index contributed by atoms with van der Waals surface area (Å²) in [6.07, 6.45) is 0.236. The van der Waals surface area contributed by atoms with E-state index in [0.29, 0.717) is 13.1 Å². The van der Waals surface area contributed by atoms with Crippen LogP contribution in [0.15, 0.2) is 24.3 Å². The number of rotatable bonds is 4. The molecule has 2 fully saturated rings. The Labute approximate surface area is 156 Å². The standard InChI is InChI=1S/C20H31N3O3/c1-15-13-23(14-16(2)26-15)20(24)17(3)21-9-11-22(12-10-21)18-7-5-6-8-19(18)25-4/h5-8,15-17H,9-14H2,1-4H3/p+1/t15-,16-,17+/m0/s1. The summed E-state index contributed by atoms with van der Waals surface area (Å²) in [5, 5.41) is 0. The van der Waals surface area contributed by atoms with Gasteiger partial charge in [-0.3, -0.25) is 4.79 Å². The Kier molecular flexibility index (Phi) is 6.04. The highest BCUT2D eigenvalue weighted by Gasteiger charge is 2.35. The van der Waals surface area contributed by atoms with E-state index in [1.54, 1.807) is 7.11 Å². The third-order valence-corrected chi connectivity index (χ3v) is 5.55. The molecule has 0 unspecified atom stereocenters. The summed E-state index contributed by atoms with van der Waals surface area (Å²) in [6, 6.07) is 8.14. The van der Waals surface area contributed by atoms with Gasteiger partial charge in [0, 0.05) is 13.1 Å². The van der Waals surface area contributed by atoms with Crippen LogP contribution in [0.4, 0.5) is 5.69 Å². The molecule has 26 heavy (non-hydrogen) atoms. The lowest BCUT2D eigenvalue weighted by Gasteiger charge is -2.40. The number of amides is 1. The van der Waals surface area contributed by atoms with Crippen LogP contribution in [0.5, 0.6) is 5.75 Å². The maximum Gasteiger partial charge on any atom is 0.280 e. The molecule has 0 spiro atoms. The second-order valence-electron chi connectivity index (χ2n) is 7.54. The minimum atomic E-state index is -0.00711. The second-order valence-corrected chi connectivity index (χ2v) is 7.54. The van der Waals surface area contributed by atoms with Crippen molar-refractivity contribution in [2.24, 2.45) is 0 Å². The fourth-order valence-corrected chi connectivity index (χ4v) is 4.17. The summed E-state index contributed by atoms with van der Waals surface area (Å²) in [6.45, 7) is 11.3. The van der Waals surface area contributed by atoms with Crippen molar-refractivity contribution in [2.45, 2.75) is 39.0 Å². The summed E-state index contributed by atoms with van der Waals surface area (Å²) in [5.74, 6) is 1.17. The molecule has 2 aliphatic rings. The molecule has 2 heterocycles. The third-order valence-electron chi connectivity index (χ3n) is 5.55. The number of hydrogen-bond donors (Lipinski definition) is 1. The number of quaternary nitrogens is 1. The minimum absolute atomic E-state index is 0.00711. The largest absolute Gasteiger partial charge is 0.495 e. The van der Waals surface area contributed by atoms with Crippen molar-refractivity contribution < 1.29 is 19.2 Å². The molecule has 144 valence electrons. The van der Waals surface area contributed by atoms with Gasteiger partial charge in [-0.25, -0.2) is 0 Å². The van der Waals surface area contributed by atoms with E-state index in [4.69, 9.17) is 9.47 Å². The van der Waals surface area contributed by atoms with Gasteiger partial charge in [-0.2, -0.15) is 0 Å². The number of benzene rings is 1. The van der Waals surface area contributed by atoms with Crippen LogP contribution in [0, 0.1) is 0 Å². The molecule has 2 saturated heterocycles. The van der Waals surface area contributed by atoms with Gasteiger partial charge in [0.05, 0.1) is 51.2 Å². The van der Waals surface area contributed by atoms with Gasteiger partial charge in [-0.1, -0.05) is 12.1 Å². The van der Waals surface area contributed by atoms with Gasteiger partial charge >= 0.3 is 0 Å². The number of anilines is 1. The first-order valence-electron chi connectivity index (χ1n) is 9.66. The molecule has 1 aromatic carbocycles. The Morgan fingerprint density at radius 2 is 1.81 bits per heavy atom. The van der Waals surface area contributed by atoms with E-state index in [1.807, 2.05) is 36.9 Å². The molecule has 1 N–H and O–H groups in total. The number of para-hydroxylation sites is 2. The van der Waals surface area contributed by atoms with Gasteiger partial charge in [-0.15, -0.1) is 0 Å². The molecule has 6 heteroatoms. The van der Waals surface area contributed by atoms with E-state index in [1.165, 1.54) is 4.90 Å². The van der Waals surface area contributed by atoms with Gasteiger partial charge in [0.1, 0.15) is 5.75 Å². The van der Waals surface area contributed by atoms with Gasteiger partial charge in [0.2, 0.25) is 0 Å². The van der Waals surface area contributed by atoms with Crippen LogP contribution in [-0.2, 0) is 9.53 Å². The van der Waals surface area contributed by atoms with Crippen molar-refractivity contribution in [3.8, 4) is 5.75 Å². The SMILES string of the molecule is COc1ccccc1N1CC[NH+]([C@H](C)C(=O)N2C[C@H](C)O[C@@H](C)C2)CC1. The van der Waals surface area contributed by atoms with Gasteiger partial charge in [-0.05, 0) is 32.9 Å². The number of carbonyl (C=O) groups is 1. The molecular weight excluding hydrogens is 330 g/mol. The first kappa shape index (κ1) is 19.0. The van der Waals surface area contributed by atoms with E-state index < -0.39 is 0 Å². The summed E-state index contributed by atoms with van der Waals surface area (Å²) >= 11 is 0. The summed E-state index contributed by atoms with van der Waals surface area (Å²) in [4.78, 5) is 18.7. The number of methoxy groups -OCH3 is 1. The minimum Gasteiger partial charge on any atom is -0.495 e. The quantitative estimate of drug-likeness (QED) is 0.844. The molecule has 0 aliphatic carbocycles. The lowest BCUT2D eigenvalue weighted by Crippen LogP contribution is -3.19. The molecule has 0 aromatic heterocycles. The zero-order valence-electron chi connectivity index (χ0n) is 16.4. The van der Waals surface area contributed by atoms with Crippen molar-refractivity contribution in [2.75, 3.05) is 51.3 Å². The first-order valence-corrected chi connectivity index (χ1v) is 9.66. The monoisotopic (exact) mass is 362 g/mol. The summed E-state index contributed by atoms with van der Waals surface area (Å²) in [7, 11) is 1.71. The summed E-state index contributed by atoms with van der Waals surface area (Å²) in [5.41, 5.74) is 1.14. The van der Waals surface area contributed by atoms with E-state index in [9.17, 15) is 4.79 Å². The van der Waals surface area contributed by atoms with E-state index in [0.717, 1.165) is 37.6 Å². The number of nitrogens with zero attached hydrogens (tertiary/aromatic N) is 2. The molecule has 0 radical (unpaired) electrons. The van der Waals surface area contributed by atoms with Crippen LogP contribution in [0.2, 0.25) is 0 Å². The molecule has 3 atom stereocenters. The Balaban J connectivity index is 1.58. The predicted octanol–water partition coefficient (Wildman–Crippen LogP) is 0.424. The molecule has 6 nitrogen and oxygen atoms in total. The maximum atomic E-state index is 13.0. The fourth-order valence-electron chi connectivity index (χ4n) is 4.17. The smallest absolute Gasteiger partial charge is 0.280 e. The third kappa shape index (κ3) is 4.13. The van der Waals surface area contributed by atoms with Crippen molar-refractivity contribution in [1.29, 1.82) is 0 Å². The number of morpholine rings is 1. The second kappa shape index (κ2) is 8.27. The highest BCUT2D eigenvalue weighted by Crippen LogP contribution is 2.27. The van der Waals surface area contributed by atoms with Crippen LogP contribution in [0.25, 0.3) is 0 Å². The van der Waals surface area contributed by atoms with Crippen molar-refractivity contribution in [1.82, 2.24) is 4.90 Å². The average Bonchev–Trinajstić information content (AvgIpc) is 2.66. The van der Waals surface area contributed by atoms with E-state index in [2.05, 4.69) is 17.9 Å². The van der Waals surface area contributed by atoms with Crippen molar-refractivity contribution in [3.63, 3.8) is 0 Å². The number of piperazine rings is 1. The van der Waals surface area contributed by atoms with Crippen molar-refractivity contribution in [3.05, 3.63) is 24.3 Å². The Hall–Kier alpha value is -1.79. The Bertz CT molecular complexity index is 606. The number of carbonyl (C=O) groups excluding carboxylic acids is 1. The van der Waals surface area contributed by atoms with Crippen molar-refractivity contribution >= 4 is 11.6 Å². The van der Waals surface area contributed by atoms with Crippen LogP contribution in [-0.4, -0.2) is 75.4 Å². The molecule has 1 amide bonds. The molecule has 3 rings (SSSR count). The first-order chi connectivity index (χ1) is 12.5.